The van der Waals surface area contributed by atoms with Gasteiger partial charge in [-0.15, -0.1) is 0 Å². The second-order valence-corrected chi connectivity index (χ2v) is 4.36. The molecule has 5 nitrogen and oxygen atoms in total. The van der Waals surface area contributed by atoms with Gasteiger partial charge in [0.2, 0.25) is 0 Å². The van der Waals surface area contributed by atoms with Gasteiger partial charge in [-0.3, -0.25) is 4.79 Å². The predicted molar refractivity (Wildman–Crippen MR) is 78.1 cm³/mol. The van der Waals surface area contributed by atoms with Crippen LogP contribution in [0.4, 0.5) is 0 Å². The Hall–Kier alpha value is -2.82. The van der Waals surface area contributed by atoms with Crippen LogP contribution in [0.25, 0.3) is 22.3 Å². The lowest BCUT2D eigenvalue weighted by Gasteiger charge is -2.09. The zero-order chi connectivity index (χ0) is 14.1. The van der Waals surface area contributed by atoms with Crippen LogP contribution >= 0.6 is 0 Å². The topological polar surface area (TPSA) is 70.1 Å². The van der Waals surface area contributed by atoms with E-state index in [9.17, 15) is 4.79 Å². The molecule has 0 atom stereocenters. The lowest BCUT2D eigenvalue weighted by atomic mass is 10.2. The highest BCUT2D eigenvalue weighted by atomic mass is 16.5. The molecule has 1 aromatic heterocycles. The van der Waals surface area contributed by atoms with Crippen molar-refractivity contribution in [3.05, 3.63) is 58.9 Å². The van der Waals surface area contributed by atoms with Crippen LogP contribution in [0.3, 0.4) is 0 Å². The summed E-state index contributed by atoms with van der Waals surface area (Å²) in [6.07, 6.45) is 0. The third-order valence-corrected chi connectivity index (χ3v) is 3.14. The number of ether oxygens (including phenoxy) is 1. The molecule has 1 heterocycles. The molecule has 0 radical (unpaired) electrons. The number of hydrogen-bond acceptors (Lipinski definition) is 4. The zero-order valence-corrected chi connectivity index (χ0v) is 10.9. The maximum absolute atomic E-state index is 12.3. The number of fused-ring (bicyclic) bond motifs is 1. The van der Waals surface area contributed by atoms with Gasteiger partial charge in [-0.2, -0.15) is 0 Å². The Kier molecular flexibility index (Phi) is 2.87. The average Bonchev–Trinajstić information content (AvgIpc) is 2.51. The van der Waals surface area contributed by atoms with Gasteiger partial charge in [0, 0.05) is 5.56 Å². The number of benzene rings is 2. The van der Waals surface area contributed by atoms with Crippen molar-refractivity contribution >= 4 is 10.9 Å². The van der Waals surface area contributed by atoms with E-state index in [0.717, 1.165) is 10.2 Å². The fourth-order valence-electron chi connectivity index (χ4n) is 2.10. The molecule has 0 fully saturated rings. The summed E-state index contributed by atoms with van der Waals surface area (Å²) in [6.45, 7) is 0. The van der Waals surface area contributed by atoms with Crippen molar-refractivity contribution in [1.29, 1.82) is 0 Å². The van der Waals surface area contributed by atoms with Crippen LogP contribution in [0.1, 0.15) is 0 Å². The molecule has 0 aliphatic carbocycles. The molecular weight excluding hydrogens is 254 g/mol. The highest BCUT2D eigenvalue weighted by Gasteiger charge is 2.11. The van der Waals surface area contributed by atoms with E-state index in [4.69, 9.17) is 10.6 Å². The van der Waals surface area contributed by atoms with E-state index in [1.807, 2.05) is 30.3 Å². The molecule has 0 aliphatic heterocycles. The molecular formula is C15H13N3O2. The van der Waals surface area contributed by atoms with Gasteiger partial charge >= 0.3 is 0 Å². The Morgan fingerprint density at radius 2 is 1.90 bits per heavy atom. The second-order valence-electron chi connectivity index (χ2n) is 4.36. The Morgan fingerprint density at radius 3 is 2.60 bits per heavy atom. The van der Waals surface area contributed by atoms with Gasteiger partial charge in [-0.05, 0) is 18.2 Å². The number of nitrogens with two attached hydrogens (primary N) is 1. The van der Waals surface area contributed by atoms with Crippen LogP contribution in [0.15, 0.2) is 53.3 Å². The van der Waals surface area contributed by atoms with Crippen molar-refractivity contribution in [2.75, 3.05) is 13.0 Å². The van der Waals surface area contributed by atoms with Crippen molar-refractivity contribution < 1.29 is 4.74 Å². The molecule has 0 saturated carbocycles. The standard InChI is InChI=1S/C15H13N3O2/c1-20-11-7-8-13-12(9-11)15(19)18(16)14(17-13)10-5-3-2-4-6-10/h2-9H,16H2,1H3. The highest BCUT2D eigenvalue weighted by molar-refractivity contribution is 5.81. The molecule has 3 aromatic rings. The van der Waals surface area contributed by atoms with Crippen LogP contribution in [0.5, 0.6) is 5.75 Å². The van der Waals surface area contributed by atoms with Crippen molar-refractivity contribution in [3.63, 3.8) is 0 Å². The number of nitrogens with zero attached hydrogens (tertiary/aromatic N) is 2. The van der Waals surface area contributed by atoms with Gasteiger partial charge in [0.25, 0.3) is 5.56 Å². The molecule has 3 rings (SSSR count). The fraction of sp³-hybridized carbons (Fsp3) is 0.0667. The van der Waals surface area contributed by atoms with E-state index in [-0.39, 0.29) is 5.56 Å². The van der Waals surface area contributed by atoms with E-state index in [1.54, 1.807) is 25.3 Å². The minimum atomic E-state index is -0.298. The summed E-state index contributed by atoms with van der Waals surface area (Å²) in [5.74, 6) is 6.91. The maximum Gasteiger partial charge on any atom is 0.280 e. The predicted octanol–water partition coefficient (Wildman–Crippen LogP) is 1.79. The lowest BCUT2D eigenvalue weighted by molar-refractivity contribution is 0.415. The van der Waals surface area contributed by atoms with Crippen LogP contribution < -0.4 is 16.1 Å². The molecule has 0 amide bonds. The van der Waals surface area contributed by atoms with Crippen LogP contribution in [-0.2, 0) is 0 Å². The molecule has 0 bridgehead atoms. The zero-order valence-electron chi connectivity index (χ0n) is 10.9. The molecule has 2 aromatic carbocycles. The SMILES string of the molecule is COc1ccc2nc(-c3ccccc3)n(N)c(=O)c2c1. The van der Waals surface area contributed by atoms with Gasteiger partial charge in [0.15, 0.2) is 5.82 Å². The first kappa shape index (κ1) is 12.2. The van der Waals surface area contributed by atoms with Gasteiger partial charge in [0.05, 0.1) is 18.0 Å². The maximum atomic E-state index is 12.3. The van der Waals surface area contributed by atoms with E-state index in [0.29, 0.717) is 22.5 Å². The first-order valence-corrected chi connectivity index (χ1v) is 6.12. The quantitative estimate of drug-likeness (QED) is 0.719. The number of methoxy groups -OCH3 is 1. The lowest BCUT2D eigenvalue weighted by Crippen LogP contribution is -2.29. The van der Waals surface area contributed by atoms with Crippen LogP contribution in [-0.4, -0.2) is 16.8 Å². The highest BCUT2D eigenvalue weighted by Crippen LogP contribution is 2.20. The van der Waals surface area contributed by atoms with E-state index < -0.39 is 0 Å². The molecule has 5 heteroatoms. The number of nitrogen functional groups attached to an aromatic ring is 1. The molecule has 0 spiro atoms. The molecule has 0 aliphatic rings. The van der Waals surface area contributed by atoms with Gasteiger partial charge in [0.1, 0.15) is 5.75 Å². The molecule has 2 N–H and O–H groups in total. The monoisotopic (exact) mass is 267 g/mol. The van der Waals surface area contributed by atoms with Crippen molar-refractivity contribution in [1.82, 2.24) is 9.66 Å². The summed E-state index contributed by atoms with van der Waals surface area (Å²) >= 11 is 0. The molecule has 20 heavy (non-hydrogen) atoms. The summed E-state index contributed by atoms with van der Waals surface area (Å²) in [5.41, 5.74) is 1.09. The Morgan fingerprint density at radius 1 is 1.15 bits per heavy atom. The summed E-state index contributed by atoms with van der Waals surface area (Å²) < 4.78 is 6.18. The second kappa shape index (κ2) is 4.70. The van der Waals surface area contributed by atoms with Crippen molar-refractivity contribution in [2.45, 2.75) is 0 Å². The van der Waals surface area contributed by atoms with Gasteiger partial charge in [-0.1, -0.05) is 30.3 Å². The Labute approximate surface area is 115 Å². The molecule has 100 valence electrons. The van der Waals surface area contributed by atoms with E-state index in [1.165, 1.54) is 0 Å². The van der Waals surface area contributed by atoms with Gasteiger partial charge < -0.3 is 10.6 Å². The van der Waals surface area contributed by atoms with E-state index >= 15 is 0 Å². The summed E-state index contributed by atoms with van der Waals surface area (Å²) in [5, 5.41) is 0.437. The van der Waals surface area contributed by atoms with Crippen LogP contribution in [0.2, 0.25) is 0 Å². The van der Waals surface area contributed by atoms with Crippen molar-refractivity contribution in [3.8, 4) is 17.1 Å². The third-order valence-electron chi connectivity index (χ3n) is 3.14. The summed E-state index contributed by atoms with van der Waals surface area (Å²) in [4.78, 5) is 16.8. The minimum Gasteiger partial charge on any atom is -0.497 e. The Bertz CT molecular complexity index is 826. The molecule has 0 saturated heterocycles. The number of hydrogen-bond donors (Lipinski definition) is 1. The molecule has 0 unspecified atom stereocenters. The third kappa shape index (κ3) is 1.89. The summed E-state index contributed by atoms with van der Waals surface area (Å²) in [6, 6.07) is 14.5. The van der Waals surface area contributed by atoms with Crippen LogP contribution in [0, 0.1) is 0 Å². The van der Waals surface area contributed by atoms with Gasteiger partial charge in [-0.25, -0.2) is 9.66 Å². The number of rotatable bonds is 2. The minimum absolute atomic E-state index is 0.298. The largest absolute Gasteiger partial charge is 0.497 e. The van der Waals surface area contributed by atoms with E-state index in [2.05, 4.69) is 4.98 Å². The van der Waals surface area contributed by atoms with Crippen molar-refractivity contribution in [2.24, 2.45) is 0 Å². The average molecular weight is 267 g/mol. The Balaban J connectivity index is 2.32. The fourth-order valence-corrected chi connectivity index (χ4v) is 2.10. The number of aromatic nitrogens is 2. The summed E-state index contributed by atoms with van der Waals surface area (Å²) in [7, 11) is 1.55. The normalized spacial score (nSPS) is 10.7. The smallest absolute Gasteiger partial charge is 0.280 e. The first-order valence-electron chi connectivity index (χ1n) is 6.12. The first-order chi connectivity index (χ1) is 9.70.